The molecule has 1 saturated heterocycles. The van der Waals surface area contributed by atoms with Crippen molar-refractivity contribution < 1.29 is 13.2 Å². The molecule has 0 aliphatic carbocycles. The number of benzene rings is 1. The lowest BCUT2D eigenvalue weighted by molar-refractivity contribution is 0.0725. The Morgan fingerprint density at radius 2 is 2.00 bits per heavy atom. The number of amides is 1. The van der Waals surface area contributed by atoms with E-state index < -0.39 is 9.84 Å². The van der Waals surface area contributed by atoms with E-state index in [-0.39, 0.29) is 11.2 Å². The summed E-state index contributed by atoms with van der Waals surface area (Å²) in [5, 5.41) is 10.6. The molecule has 1 aliphatic rings. The van der Waals surface area contributed by atoms with Crippen LogP contribution in [0.15, 0.2) is 30.6 Å². The molecule has 1 fully saturated rings. The van der Waals surface area contributed by atoms with Gasteiger partial charge >= 0.3 is 0 Å². The molecule has 0 saturated carbocycles. The van der Waals surface area contributed by atoms with Crippen molar-refractivity contribution in [2.24, 2.45) is 0 Å². The Morgan fingerprint density at radius 3 is 2.61 bits per heavy atom. The Hall–Kier alpha value is -2.29. The van der Waals surface area contributed by atoms with E-state index in [1.165, 1.54) is 17.3 Å². The minimum absolute atomic E-state index is 0.105. The number of aromatic nitrogens is 4. The molecule has 0 N–H and O–H groups in total. The van der Waals surface area contributed by atoms with Crippen LogP contribution in [0.2, 0.25) is 0 Å². The Balaban J connectivity index is 1.73. The minimum Gasteiger partial charge on any atom is -0.339 e. The molecule has 0 radical (unpaired) electrons. The second kappa shape index (κ2) is 6.07. The first-order valence-electron chi connectivity index (χ1n) is 7.27. The number of piperidine rings is 1. The first-order valence-corrected chi connectivity index (χ1v) is 9.22. The molecule has 0 unspecified atom stereocenters. The number of rotatable bonds is 3. The minimum atomic E-state index is -3.04. The van der Waals surface area contributed by atoms with Crippen molar-refractivity contribution in [3.63, 3.8) is 0 Å². The van der Waals surface area contributed by atoms with Gasteiger partial charge in [0.05, 0.1) is 10.9 Å². The summed E-state index contributed by atoms with van der Waals surface area (Å²) in [6.45, 7) is 0.900. The van der Waals surface area contributed by atoms with Crippen molar-refractivity contribution in [1.82, 2.24) is 25.1 Å². The Bertz CT molecular complexity index is 796. The normalized spacial score (nSPS) is 16.5. The van der Waals surface area contributed by atoms with E-state index in [0.717, 1.165) is 0 Å². The topological polar surface area (TPSA) is 98.1 Å². The molecular weight excluding hydrogens is 318 g/mol. The Labute approximate surface area is 134 Å². The van der Waals surface area contributed by atoms with Crippen LogP contribution in [0.25, 0.3) is 5.69 Å². The highest BCUT2D eigenvalue weighted by Crippen LogP contribution is 2.19. The van der Waals surface area contributed by atoms with Crippen molar-refractivity contribution in [2.75, 3.05) is 19.3 Å². The van der Waals surface area contributed by atoms with E-state index >= 15 is 0 Å². The van der Waals surface area contributed by atoms with Gasteiger partial charge in [-0.1, -0.05) is 6.07 Å². The fourth-order valence-electron chi connectivity index (χ4n) is 2.73. The number of tetrazole rings is 1. The van der Waals surface area contributed by atoms with Crippen molar-refractivity contribution in [2.45, 2.75) is 18.1 Å². The molecule has 9 heteroatoms. The van der Waals surface area contributed by atoms with Gasteiger partial charge in [-0.3, -0.25) is 4.79 Å². The monoisotopic (exact) mass is 335 g/mol. The van der Waals surface area contributed by atoms with Crippen LogP contribution in [0.1, 0.15) is 23.2 Å². The lowest BCUT2D eigenvalue weighted by atomic mass is 10.1. The fraction of sp³-hybridized carbons (Fsp3) is 0.429. The maximum absolute atomic E-state index is 12.6. The van der Waals surface area contributed by atoms with E-state index in [9.17, 15) is 13.2 Å². The first-order chi connectivity index (χ1) is 10.9. The summed E-state index contributed by atoms with van der Waals surface area (Å²) in [6, 6.07) is 7.04. The SMILES string of the molecule is CS(=O)(=O)C1CCN(C(=O)c2cccc(-n3cnnn3)c2)CC1. The van der Waals surface area contributed by atoms with Gasteiger partial charge in [-0.25, -0.2) is 13.1 Å². The molecule has 1 aromatic carbocycles. The van der Waals surface area contributed by atoms with Gasteiger partial charge in [0.25, 0.3) is 5.91 Å². The largest absolute Gasteiger partial charge is 0.339 e. The third-order valence-corrected chi connectivity index (χ3v) is 5.72. The van der Waals surface area contributed by atoms with E-state index in [1.807, 2.05) is 6.07 Å². The van der Waals surface area contributed by atoms with Crippen LogP contribution in [-0.2, 0) is 9.84 Å². The molecule has 3 rings (SSSR count). The van der Waals surface area contributed by atoms with Crippen LogP contribution in [-0.4, -0.2) is 64.0 Å². The maximum atomic E-state index is 12.6. The molecule has 1 aromatic heterocycles. The van der Waals surface area contributed by atoms with Crippen LogP contribution in [0, 0.1) is 0 Å². The highest BCUT2D eigenvalue weighted by atomic mass is 32.2. The highest BCUT2D eigenvalue weighted by Gasteiger charge is 2.29. The number of likely N-dealkylation sites (tertiary alicyclic amines) is 1. The van der Waals surface area contributed by atoms with Crippen LogP contribution in [0.4, 0.5) is 0 Å². The summed E-state index contributed by atoms with van der Waals surface area (Å²) in [7, 11) is -3.04. The van der Waals surface area contributed by atoms with Gasteiger partial charge in [-0.05, 0) is 41.5 Å². The van der Waals surface area contributed by atoms with Crippen LogP contribution >= 0.6 is 0 Å². The fourth-order valence-corrected chi connectivity index (χ4v) is 3.80. The van der Waals surface area contributed by atoms with Crippen molar-refractivity contribution in [1.29, 1.82) is 0 Å². The van der Waals surface area contributed by atoms with Gasteiger partial charge in [-0.2, -0.15) is 0 Å². The number of hydrogen-bond acceptors (Lipinski definition) is 6. The number of sulfone groups is 1. The summed E-state index contributed by atoms with van der Waals surface area (Å²) >= 11 is 0. The molecule has 23 heavy (non-hydrogen) atoms. The molecule has 1 aliphatic heterocycles. The third kappa shape index (κ3) is 3.39. The number of nitrogens with zero attached hydrogens (tertiary/aromatic N) is 5. The van der Waals surface area contributed by atoms with Gasteiger partial charge in [-0.15, -0.1) is 5.10 Å². The van der Waals surface area contributed by atoms with E-state index in [0.29, 0.717) is 37.2 Å². The van der Waals surface area contributed by atoms with Gasteiger partial charge < -0.3 is 4.90 Å². The lowest BCUT2D eigenvalue weighted by Crippen LogP contribution is -2.42. The van der Waals surface area contributed by atoms with Crippen molar-refractivity contribution >= 4 is 15.7 Å². The molecule has 8 nitrogen and oxygen atoms in total. The standard InChI is InChI=1S/C14H17N5O3S/c1-23(21,22)13-5-7-18(8-6-13)14(20)11-3-2-4-12(9-11)19-10-15-16-17-19/h2-4,9-10,13H,5-8H2,1H3. The van der Waals surface area contributed by atoms with Crippen LogP contribution in [0.5, 0.6) is 0 Å². The maximum Gasteiger partial charge on any atom is 0.253 e. The predicted molar refractivity (Wildman–Crippen MR) is 82.9 cm³/mol. The zero-order chi connectivity index (χ0) is 16.4. The van der Waals surface area contributed by atoms with E-state index in [1.54, 1.807) is 23.1 Å². The van der Waals surface area contributed by atoms with Crippen LogP contribution in [0.3, 0.4) is 0 Å². The number of hydrogen-bond donors (Lipinski definition) is 0. The van der Waals surface area contributed by atoms with Gasteiger partial charge in [0, 0.05) is 24.9 Å². The lowest BCUT2D eigenvalue weighted by Gasteiger charge is -2.31. The Morgan fingerprint density at radius 1 is 1.26 bits per heavy atom. The molecule has 0 atom stereocenters. The third-order valence-electron chi connectivity index (χ3n) is 4.04. The zero-order valence-corrected chi connectivity index (χ0v) is 13.5. The summed E-state index contributed by atoms with van der Waals surface area (Å²) in [5.74, 6) is -0.105. The molecular formula is C14H17N5O3S. The van der Waals surface area contributed by atoms with Gasteiger partial charge in [0.15, 0.2) is 0 Å². The van der Waals surface area contributed by atoms with E-state index in [4.69, 9.17) is 0 Å². The molecule has 0 bridgehead atoms. The molecule has 122 valence electrons. The molecule has 2 heterocycles. The Kier molecular flexibility index (Phi) is 4.12. The highest BCUT2D eigenvalue weighted by molar-refractivity contribution is 7.91. The zero-order valence-electron chi connectivity index (χ0n) is 12.7. The molecule has 0 spiro atoms. The average molecular weight is 335 g/mol. The van der Waals surface area contributed by atoms with Crippen molar-refractivity contribution in [3.05, 3.63) is 36.2 Å². The average Bonchev–Trinajstić information content (AvgIpc) is 3.08. The summed E-state index contributed by atoms with van der Waals surface area (Å²) in [4.78, 5) is 14.3. The smallest absolute Gasteiger partial charge is 0.253 e. The van der Waals surface area contributed by atoms with E-state index in [2.05, 4.69) is 15.5 Å². The number of carbonyl (C=O) groups excluding carboxylic acids is 1. The molecule has 1 amide bonds. The summed E-state index contributed by atoms with van der Waals surface area (Å²) < 4.78 is 24.6. The first kappa shape index (κ1) is 15.6. The predicted octanol–water partition coefficient (Wildman–Crippen LogP) is 0.311. The second-order valence-electron chi connectivity index (χ2n) is 5.63. The van der Waals surface area contributed by atoms with Gasteiger partial charge in [0.1, 0.15) is 16.2 Å². The summed E-state index contributed by atoms with van der Waals surface area (Å²) in [5.41, 5.74) is 1.24. The summed E-state index contributed by atoms with van der Waals surface area (Å²) in [6.07, 6.45) is 3.68. The quantitative estimate of drug-likeness (QED) is 0.801. The van der Waals surface area contributed by atoms with Crippen molar-refractivity contribution in [3.8, 4) is 5.69 Å². The van der Waals surface area contributed by atoms with Crippen LogP contribution < -0.4 is 0 Å². The van der Waals surface area contributed by atoms with Gasteiger partial charge in [0.2, 0.25) is 0 Å². The second-order valence-corrected chi connectivity index (χ2v) is 7.95. The molecule has 2 aromatic rings. The number of carbonyl (C=O) groups is 1.